The van der Waals surface area contributed by atoms with E-state index in [1.54, 1.807) is 17.0 Å². The molecule has 0 bridgehead atoms. The van der Waals surface area contributed by atoms with Crippen LogP contribution in [0.3, 0.4) is 0 Å². The molecule has 1 N–H and O–H groups in total. The monoisotopic (exact) mass is 599 g/mol. The molecular formula is C31H38ClN3O5S. The van der Waals surface area contributed by atoms with Crippen LogP contribution in [-0.4, -0.2) is 57.1 Å². The number of hydrogen-bond acceptors (Lipinski definition) is 5. The lowest BCUT2D eigenvalue weighted by Gasteiger charge is -2.32. The summed E-state index contributed by atoms with van der Waals surface area (Å²) in [7, 11) is -2.18. The van der Waals surface area contributed by atoms with Gasteiger partial charge in [-0.2, -0.15) is 0 Å². The van der Waals surface area contributed by atoms with E-state index in [1.165, 1.54) is 17.5 Å². The number of halogens is 1. The Morgan fingerprint density at radius 2 is 1.56 bits per heavy atom. The van der Waals surface area contributed by atoms with Crippen molar-refractivity contribution in [1.82, 2.24) is 10.2 Å². The lowest BCUT2D eigenvalue weighted by atomic mass is 10.0. The zero-order valence-electron chi connectivity index (χ0n) is 23.9. The van der Waals surface area contributed by atoms with Crippen LogP contribution in [0.2, 0.25) is 5.02 Å². The molecule has 0 fully saturated rings. The molecule has 0 saturated carbocycles. The van der Waals surface area contributed by atoms with Crippen LogP contribution in [0.4, 0.5) is 5.69 Å². The minimum Gasteiger partial charge on any atom is -0.495 e. The molecule has 0 radical (unpaired) electrons. The molecule has 0 aromatic heterocycles. The minimum absolute atomic E-state index is 0.0446. The second kappa shape index (κ2) is 14.9. The standard InChI is InChI=1S/C31H38ClN3O5S/c1-23(2)33-31(37)28(20-24-12-7-5-8-13-24)34(22-25-14-9-6-10-15-25)30(36)16-11-19-35(41(4,38)39)26-17-18-29(40-3)27(32)21-26/h5-10,12-15,17-18,21,23,28H,11,16,19-20,22H2,1-4H3,(H,33,37)/t28-/m0/s1. The van der Waals surface area contributed by atoms with Gasteiger partial charge in [-0.15, -0.1) is 0 Å². The van der Waals surface area contributed by atoms with Gasteiger partial charge in [0.25, 0.3) is 0 Å². The first-order valence-corrected chi connectivity index (χ1v) is 15.7. The van der Waals surface area contributed by atoms with Gasteiger partial charge in [0.2, 0.25) is 21.8 Å². The lowest BCUT2D eigenvalue weighted by molar-refractivity contribution is -0.141. The van der Waals surface area contributed by atoms with Crippen LogP contribution < -0.4 is 14.4 Å². The summed E-state index contributed by atoms with van der Waals surface area (Å²) < 4.78 is 31.7. The van der Waals surface area contributed by atoms with Crippen molar-refractivity contribution < 1.29 is 22.7 Å². The molecule has 41 heavy (non-hydrogen) atoms. The highest BCUT2D eigenvalue weighted by atomic mass is 35.5. The summed E-state index contributed by atoms with van der Waals surface area (Å²) in [6.07, 6.45) is 1.74. The van der Waals surface area contributed by atoms with Crippen LogP contribution in [0.15, 0.2) is 78.9 Å². The summed E-state index contributed by atoms with van der Waals surface area (Å²) in [4.78, 5) is 28.9. The highest BCUT2D eigenvalue weighted by Crippen LogP contribution is 2.30. The molecule has 220 valence electrons. The third-order valence-corrected chi connectivity index (χ3v) is 7.96. The van der Waals surface area contributed by atoms with Gasteiger partial charge in [-0.1, -0.05) is 72.3 Å². The van der Waals surface area contributed by atoms with Crippen molar-refractivity contribution in [2.75, 3.05) is 24.2 Å². The van der Waals surface area contributed by atoms with Gasteiger partial charge in [-0.3, -0.25) is 13.9 Å². The largest absolute Gasteiger partial charge is 0.495 e. The van der Waals surface area contributed by atoms with E-state index in [9.17, 15) is 18.0 Å². The summed E-state index contributed by atoms with van der Waals surface area (Å²) >= 11 is 6.25. The van der Waals surface area contributed by atoms with Crippen LogP contribution >= 0.6 is 11.6 Å². The Hall–Kier alpha value is -3.56. The van der Waals surface area contributed by atoms with Crippen LogP contribution in [0, 0.1) is 0 Å². The number of hydrogen-bond donors (Lipinski definition) is 1. The van der Waals surface area contributed by atoms with Crippen LogP contribution in [0.1, 0.15) is 37.8 Å². The molecule has 0 aliphatic rings. The molecule has 1 atom stereocenters. The van der Waals surface area contributed by atoms with E-state index in [2.05, 4.69) is 5.32 Å². The average molecular weight is 600 g/mol. The number of methoxy groups -OCH3 is 1. The molecule has 3 aromatic carbocycles. The minimum atomic E-state index is -3.66. The first kappa shape index (κ1) is 32.0. The molecule has 0 aliphatic carbocycles. The average Bonchev–Trinajstić information content (AvgIpc) is 2.93. The van der Waals surface area contributed by atoms with Crippen LogP contribution in [0.5, 0.6) is 5.75 Å². The molecule has 0 spiro atoms. The molecule has 3 aromatic rings. The number of carbonyl (C=O) groups excluding carboxylic acids is 2. The number of anilines is 1. The summed E-state index contributed by atoms with van der Waals surface area (Å²) in [6, 6.07) is 23.0. The summed E-state index contributed by atoms with van der Waals surface area (Å²) in [5.41, 5.74) is 2.20. The van der Waals surface area contributed by atoms with Gasteiger partial charge < -0.3 is 15.0 Å². The van der Waals surface area contributed by atoms with E-state index in [1.807, 2.05) is 74.5 Å². The number of benzene rings is 3. The Bertz CT molecular complexity index is 1400. The number of nitrogens with one attached hydrogen (secondary N) is 1. The maximum absolute atomic E-state index is 13.8. The molecule has 0 saturated heterocycles. The van der Waals surface area contributed by atoms with Gasteiger partial charge in [0.05, 0.1) is 24.1 Å². The fourth-order valence-electron chi connectivity index (χ4n) is 4.53. The fraction of sp³-hybridized carbons (Fsp3) is 0.355. The van der Waals surface area contributed by atoms with E-state index >= 15 is 0 Å². The Morgan fingerprint density at radius 1 is 0.951 bits per heavy atom. The summed E-state index contributed by atoms with van der Waals surface area (Å²) in [5.74, 6) is -0.0478. The number of amides is 2. The number of carbonyl (C=O) groups is 2. The maximum atomic E-state index is 13.8. The summed E-state index contributed by atoms with van der Waals surface area (Å²) in [6.45, 7) is 4.07. The van der Waals surface area contributed by atoms with Gasteiger partial charge in [0.1, 0.15) is 11.8 Å². The quantitative estimate of drug-likeness (QED) is 0.279. The first-order valence-electron chi connectivity index (χ1n) is 13.5. The Kier molecular flexibility index (Phi) is 11.6. The second-order valence-electron chi connectivity index (χ2n) is 10.1. The first-order chi connectivity index (χ1) is 19.5. The molecule has 0 aliphatic heterocycles. The van der Waals surface area contributed by atoms with Crippen molar-refractivity contribution in [2.24, 2.45) is 0 Å². The number of ether oxygens (including phenoxy) is 1. The van der Waals surface area contributed by atoms with Crippen LogP contribution in [-0.2, 0) is 32.6 Å². The zero-order valence-corrected chi connectivity index (χ0v) is 25.5. The van der Waals surface area contributed by atoms with Gasteiger partial charge in [0.15, 0.2) is 0 Å². The third-order valence-electron chi connectivity index (χ3n) is 6.47. The highest BCUT2D eigenvalue weighted by Gasteiger charge is 2.31. The lowest BCUT2D eigenvalue weighted by Crippen LogP contribution is -2.51. The summed E-state index contributed by atoms with van der Waals surface area (Å²) in [5, 5.41) is 3.25. The fourth-order valence-corrected chi connectivity index (χ4v) is 5.74. The SMILES string of the molecule is COc1ccc(N(CCCC(=O)N(Cc2ccccc2)[C@@H](Cc2ccccc2)C(=O)NC(C)C)S(C)(=O)=O)cc1Cl. The highest BCUT2D eigenvalue weighted by molar-refractivity contribution is 7.92. The number of rotatable bonds is 14. The Labute approximate surface area is 248 Å². The van der Waals surface area contributed by atoms with E-state index in [0.29, 0.717) is 17.9 Å². The molecule has 8 nitrogen and oxygen atoms in total. The number of nitrogens with zero attached hydrogens (tertiary/aromatic N) is 2. The van der Waals surface area contributed by atoms with E-state index < -0.39 is 16.1 Å². The number of sulfonamides is 1. The van der Waals surface area contributed by atoms with Gasteiger partial charge in [-0.25, -0.2) is 8.42 Å². The van der Waals surface area contributed by atoms with Crippen LogP contribution in [0.25, 0.3) is 0 Å². The van der Waals surface area contributed by atoms with E-state index in [-0.39, 0.29) is 48.8 Å². The second-order valence-corrected chi connectivity index (χ2v) is 12.4. The molecule has 10 heteroatoms. The Balaban J connectivity index is 1.86. The molecule has 0 unspecified atom stereocenters. The smallest absolute Gasteiger partial charge is 0.243 e. The predicted molar refractivity (Wildman–Crippen MR) is 164 cm³/mol. The van der Waals surface area contributed by atoms with Crippen molar-refractivity contribution in [3.63, 3.8) is 0 Å². The van der Waals surface area contributed by atoms with Gasteiger partial charge in [-0.05, 0) is 49.6 Å². The Morgan fingerprint density at radius 3 is 2.10 bits per heavy atom. The van der Waals surface area contributed by atoms with E-state index in [4.69, 9.17) is 16.3 Å². The van der Waals surface area contributed by atoms with Crippen molar-refractivity contribution >= 4 is 39.1 Å². The van der Waals surface area contributed by atoms with Crippen molar-refractivity contribution in [3.8, 4) is 5.75 Å². The molecule has 2 amide bonds. The maximum Gasteiger partial charge on any atom is 0.243 e. The third kappa shape index (κ3) is 9.50. The predicted octanol–water partition coefficient (Wildman–Crippen LogP) is 5.06. The van der Waals surface area contributed by atoms with E-state index in [0.717, 1.165) is 17.4 Å². The molecule has 0 heterocycles. The zero-order chi connectivity index (χ0) is 30.0. The molecule has 3 rings (SSSR count). The normalized spacial score (nSPS) is 12.0. The van der Waals surface area contributed by atoms with Crippen molar-refractivity contribution in [2.45, 2.75) is 51.7 Å². The van der Waals surface area contributed by atoms with Crippen molar-refractivity contribution in [3.05, 3.63) is 95.0 Å². The van der Waals surface area contributed by atoms with Crippen molar-refractivity contribution in [1.29, 1.82) is 0 Å². The van der Waals surface area contributed by atoms with Gasteiger partial charge >= 0.3 is 0 Å². The topological polar surface area (TPSA) is 96.0 Å². The van der Waals surface area contributed by atoms with Gasteiger partial charge in [0, 0.05) is 32.0 Å². The molecular weight excluding hydrogens is 562 g/mol.